The zero-order chi connectivity index (χ0) is 13.7. The van der Waals surface area contributed by atoms with Crippen LogP contribution in [-0.2, 0) is 6.42 Å². The highest BCUT2D eigenvalue weighted by Crippen LogP contribution is 2.18. The molecule has 2 aromatic rings. The second-order valence-electron chi connectivity index (χ2n) is 4.43. The molecule has 2 rings (SSSR count). The molecule has 5 nitrogen and oxygen atoms in total. The van der Waals surface area contributed by atoms with Crippen LogP contribution in [0.1, 0.15) is 18.3 Å². The molecule has 0 aliphatic heterocycles. The SMILES string of the molecule is COc1nccnc1NC(C)Cc1cccc(C)n1. The predicted molar refractivity (Wildman–Crippen MR) is 74.3 cm³/mol. The number of anilines is 1. The summed E-state index contributed by atoms with van der Waals surface area (Å²) in [5.41, 5.74) is 2.09. The van der Waals surface area contributed by atoms with Crippen molar-refractivity contribution in [3.05, 3.63) is 42.0 Å². The van der Waals surface area contributed by atoms with E-state index in [0.717, 1.165) is 17.8 Å². The van der Waals surface area contributed by atoms with Gasteiger partial charge in [-0.2, -0.15) is 0 Å². The van der Waals surface area contributed by atoms with Gasteiger partial charge in [0.25, 0.3) is 5.88 Å². The summed E-state index contributed by atoms with van der Waals surface area (Å²) < 4.78 is 5.16. The van der Waals surface area contributed by atoms with Crippen LogP contribution in [0.25, 0.3) is 0 Å². The lowest BCUT2D eigenvalue weighted by Crippen LogP contribution is -2.20. The van der Waals surface area contributed by atoms with Gasteiger partial charge in [-0.3, -0.25) is 4.98 Å². The monoisotopic (exact) mass is 258 g/mol. The molecule has 0 amide bonds. The molecule has 1 atom stereocenters. The fourth-order valence-electron chi connectivity index (χ4n) is 1.88. The summed E-state index contributed by atoms with van der Waals surface area (Å²) in [6.45, 7) is 4.07. The highest BCUT2D eigenvalue weighted by molar-refractivity contribution is 5.45. The van der Waals surface area contributed by atoms with Crippen LogP contribution in [0.15, 0.2) is 30.6 Å². The van der Waals surface area contributed by atoms with Crippen molar-refractivity contribution in [2.24, 2.45) is 0 Å². The van der Waals surface area contributed by atoms with E-state index in [4.69, 9.17) is 4.74 Å². The molecule has 2 aromatic heterocycles. The first-order valence-corrected chi connectivity index (χ1v) is 6.23. The number of hydrogen-bond donors (Lipinski definition) is 1. The molecule has 1 N–H and O–H groups in total. The van der Waals surface area contributed by atoms with Crippen molar-refractivity contribution in [2.45, 2.75) is 26.3 Å². The maximum atomic E-state index is 5.16. The normalized spacial score (nSPS) is 11.9. The van der Waals surface area contributed by atoms with Crippen molar-refractivity contribution in [2.75, 3.05) is 12.4 Å². The van der Waals surface area contributed by atoms with Gasteiger partial charge in [0.2, 0.25) is 0 Å². The Kier molecular flexibility index (Phi) is 4.28. The highest BCUT2D eigenvalue weighted by atomic mass is 16.5. The first kappa shape index (κ1) is 13.3. The van der Waals surface area contributed by atoms with Crippen LogP contribution in [-0.4, -0.2) is 28.1 Å². The number of nitrogens with one attached hydrogen (secondary N) is 1. The lowest BCUT2D eigenvalue weighted by Gasteiger charge is -2.15. The third-order valence-corrected chi connectivity index (χ3v) is 2.70. The zero-order valence-electron chi connectivity index (χ0n) is 11.4. The summed E-state index contributed by atoms with van der Waals surface area (Å²) in [4.78, 5) is 12.8. The highest BCUT2D eigenvalue weighted by Gasteiger charge is 2.10. The van der Waals surface area contributed by atoms with Crippen LogP contribution in [0, 0.1) is 6.92 Å². The molecule has 0 radical (unpaired) electrons. The van der Waals surface area contributed by atoms with Gasteiger partial charge in [-0.25, -0.2) is 9.97 Å². The summed E-state index contributed by atoms with van der Waals surface area (Å²) in [7, 11) is 1.59. The predicted octanol–water partition coefficient (Wildman–Crippen LogP) is 2.23. The molecule has 1 unspecified atom stereocenters. The van der Waals surface area contributed by atoms with Crippen LogP contribution in [0.5, 0.6) is 5.88 Å². The molecular formula is C14H18N4O. The van der Waals surface area contributed by atoms with E-state index >= 15 is 0 Å². The number of methoxy groups -OCH3 is 1. The molecule has 100 valence electrons. The number of aromatic nitrogens is 3. The summed E-state index contributed by atoms with van der Waals surface area (Å²) in [5.74, 6) is 1.16. The van der Waals surface area contributed by atoms with E-state index in [1.54, 1.807) is 19.5 Å². The smallest absolute Gasteiger partial charge is 0.257 e. The molecule has 0 bridgehead atoms. The van der Waals surface area contributed by atoms with Gasteiger partial charge in [0, 0.05) is 36.2 Å². The number of nitrogens with zero attached hydrogens (tertiary/aromatic N) is 3. The largest absolute Gasteiger partial charge is 0.478 e. The summed E-state index contributed by atoms with van der Waals surface area (Å²) >= 11 is 0. The Morgan fingerprint density at radius 1 is 1.26 bits per heavy atom. The minimum absolute atomic E-state index is 0.194. The van der Waals surface area contributed by atoms with E-state index in [2.05, 4.69) is 27.2 Å². The number of hydrogen-bond acceptors (Lipinski definition) is 5. The van der Waals surface area contributed by atoms with Gasteiger partial charge >= 0.3 is 0 Å². The average molecular weight is 258 g/mol. The lowest BCUT2D eigenvalue weighted by atomic mass is 10.1. The van der Waals surface area contributed by atoms with E-state index in [0.29, 0.717) is 11.7 Å². The third kappa shape index (κ3) is 3.64. The van der Waals surface area contributed by atoms with E-state index in [1.807, 2.05) is 25.1 Å². The Labute approximate surface area is 113 Å². The molecule has 2 heterocycles. The van der Waals surface area contributed by atoms with Gasteiger partial charge in [-0.15, -0.1) is 0 Å². The number of aryl methyl sites for hydroxylation is 1. The third-order valence-electron chi connectivity index (χ3n) is 2.70. The van der Waals surface area contributed by atoms with Crippen LogP contribution in [0.3, 0.4) is 0 Å². The maximum Gasteiger partial charge on any atom is 0.257 e. The van der Waals surface area contributed by atoms with Crippen LogP contribution < -0.4 is 10.1 Å². The number of ether oxygens (including phenoxy) is 1. The van der Waals surface area contributed by atoms with Crippen LogP contribution >= 0.6 is 0 Å². The van der Waals surface area contributed by atoms with Crippen molar-refractivity contribution in [1.29, 1.82) is 0 Å². The number of rotatable bonds is 5. The van der Waals surface area contributed by atoms with Gasteiger partial charge in [0.15, 0.2) is 5.82 Å². The van der Waals surface area contributed by atoms with Crippen LogP contribution in [0.2, 0.25) is 0 Å². The van der Waals surface area contributed by atoms with Gasteiger partial charge in [-0.1, -0.05) is 6.07 Å². The maximum absolute atomic E-state index is 5.16. The average Bonchev–Trinajstić information content (AvgIpc) is 2.39. The van der Waals surface area contributed by atoms with Crippen molar-refractivity contribution in [3.63, 3.8) is 0 Å². The summed E-state index contributed by atoms with van der Waals surface area (Å²) in [5, 5.41) is 3.29. The minimum atomic E-state index is 0.194. The Morgan fingerprint density at radius 3 is 2.79 bits per heavy atom. The molecule has 0 fully saturated rings. The van der Waals surface area contributed by atoms with Crippen molar-refractivity contribution < 1.29 is 4.74 Å². The lowest BCUT2D eigenvalue weighted by molar-refractivity contribution is 0.397. The summed E-state index contributed by atoms with van der Waals surface area (Å²) in [6, 6.07) is 6.24. The Bertz CT molecular complexity index is 544. The van der Waals surface area contributed by atoms with Gasteiger partial charge < -0.3 is 10.1 Å². The van der Waals surface area contributed by atoms with E-state index in [1.165, 1.54) is 0 Å². The molecular weight excluding hydrogens is 240 g/mol. The molecule has 0 aliphatic rings. The van der Waals surface area contributed by atoms with E-state index in [9.17, 15) is 0 Å². The minimum Gasteiger partial charge on any atom is -0.478 e. The van der Waals surface area contributed by atoms with Gasteiger partial charge in [0.05, 0.1) is 7.11 Å². The Hall–Kier alpha value is -2.17. The van der Waals surface area contributed by atoms with E-state index < -0.39 is 0 Å². The van der Waals surface area contributed by atoms with Crippen molar-refractivity contribution >= 4 is 5.82 Å². The molecule has 5 heteroatoms. The second-order valence-corrected chi connectivity index (χ2v) is 4.43. The fourth-order valence-corrected chi connectivity index (χ4v) is 1.88. The molecule has 0 aliphatic carbocycles. The Morgan fingerprint density at radius 2 is 2.05 bits per heavy atom. The van der Waals surface area contributed by atoms with E-state index in [-0.39, 0.29) is 6.04 Å². The molecule has 19 heavy (non-hydrogen) atoms. The summed E-state index contributed by atoms with van der Waals surface area (Å²) in [6.07, 6.45) is 4.07. The molecule has 0 saturated heterocycles. The zero-order valence-corrected chi connectivity index (χ0v) is 11.4. The Balaban J connectivity index is 2.03. The first-order valence-electron chi connectivity index (χ1n) is 6.23. The molecule has 0 spiro atoms. The van der Waals surface area contributed by atoms with Crippen LogP contribution in [0.4, 0.5) is 5.82 Å². The van der Waals surface area contributed by atoms with Crippen molar-refractivity contribution in [3.8, 4) is 5.88 Å². The van der Waals surface area contributed by atoms with Gasteiger partial charge in [0.1, 0.15) is 0 Å². The molecule has 0 aromatic carbocycles. The standard InChI is InChI=1S/C14H18N4O/c1-10-5-4-6-12(17-10)9-11(2)18-13-14(19-3)16-8-7-15-13/h4-8,11H,9H2,1-3H3,(H,15,18). The van der Waals surface area contributed by atoms with Gasteiger partial charge in [-0.05, 0) is 26.0 Å². The molecule has 0 saturated carbocycles. The fraction of sp³-hybridized carbons (Fsp3) is 0.357. The topological polar surface area (TPSA) is 59.9 Å². The first-order chi connectivity index (χ1) is 9.19. The second kappa shape index (κ2) is 6.13. The quantitative estimate of drug-likeness (QED) is 0.891. The van der Waals surface area contributed by atoms with Crippen molar-refractivity contribution in [1.82, 2.24) is 15.0 Å². The number of pyridine rings is 1.